The summed E-state index contributed by atoms with van der Waals surface area (Å²) in [6, 6.07) is 13.2. The van der Waals surface area contributed by atoms with Crippen molar-refractivity contribution in [3.8, 4) is 11.3 Å². The quantitative estimate of drug-likeness (QED) is 0.418. The first-order valence-electron chi connectivity index (χ1n) is 7.02. The van der Waals surface area contributed by atoms with E-state index in [-0.39, 0.29) is 5.54 Å². The minimum absolute atomic E-state index is 0.0330. The van der Waals surface area contributed by atoms with Gasteiger partial charge in [-0.2, -0.15) is 0 Å². The molecular formula is C18H15Br2N. The van der Waals surface area contributed by atoms with E-state index in [2.05, 4.69) is 93.6 Å². The van der Waals surface area contributed by atoms with Gasteiger partial charge < -0.3 is 4.57 Å². The second-order valence-electron chi connectivity index (χ2n) is 6.22. The molecule has 3 aromatic rings. The summed E-state index contributed by atoms with van der Waals surface area (Å²) in [7, 11) is 0. The molecule has 0 aliphatic carbocycles. The van der Waals surface area contributed by atoms with Crippen molar-refractivity contribution in [2.24, 2.45) is 0 Å². The van der Waals surface area contributed by atoms with Crippen molar-refractivity contribution in [3.63, 3.8) is 0 Å². The summed E-state index contributed by atoms with van der Waals surface area (Å²) in [5.41, 5.74) is 6.74. The summed E-state index contributed by atoms with van der Waals surface area (Å²) in [5.74, 6) is 0. The molecule has 2 aromatic carbocycles. The lowest BCUT2D eigenvalue weighted by atomic mass is 9.92. The van der Waals surface area contributed by atoms with E-state index in [9.17, 15) is 0 Å². The van der Waals surface area contributed by atoms with E-state index in [1.165, 1.54) is 33.3 Å². The Hall–Kier alpha value is -1.06. The van der Waals surface area contributed by atoms with Crippen LogP contribution in [0.2, 0.25) is 0 Å². The Morgan fingerprint density at radius 2 is 1.62 bits per heavy atom. The molecule has 0 saturated carbocycles. The van der Waals surface area contributed by atoms with Crippen LogP contribution in [0.15, 0.2) is 45.3 Å². The van der Waals surface area contributed by atoms with Crippen molar-refractivity contribution in [3.05, 3.63) is 56.5 Å². The molecule has 106 valence electrons. The van der Waals surface area contributed by atoms with Crippen LogP contribution >= 0.6 is 31.9 Å². The Kier molecular flexibility index (Phi) is 2.74. The molecule has 1 nitrogen and oxygen atoms in total. The summed E-state index contributed by atoms with van der Waals surface area (Å²) in [5, 5.41) is 1.33. The lowest BCUT2D eigenvalue weighted by Gasteiger charge is -2.24. The molecule has 2 heterocycles. The maximum atomic E-state index is 3.61. The summed E-state index contributed by atoms with van der Waals surface area (Å²) in [6.45, 7) is 6.83. The molecule has 0 radical (unpaired) electrons. The van der Waals surface area contributed by atoms with Gasteiger partial charge in [-0.05, 0) is 62.2 Å². The predicted molar refractivity (Wildman–Crippen MR) is 95.9 cm³/mol. The third-order valence-corrected chi connectivity index (χ3v) is 5.62. The number of nitrogens with zero attached hydrogens (tertiary/aromatic N) is 1. The summed E-state index contributed by atoms with van der Waals surface area (Å²) in [6.07, 6.45) is 0. The minimum atomic E-state index is -0.0330. The molecule has 3 heteroatoms. The first-order chi connectivity index (χ1) is 9.91. The van der Waals surface area contributed by atoms with Gasteiger partial charge in [0.1, 0.15) is 0 Å². The third kappa shape index (κ3) is 1.68. The molecular weight excluding hydrogens is 390 g/mol. The van der Waals surface area contributed by atoms with E-state index < -0.39 is 0 Å². The van der Waals surface area contributed by atoms with Gasteiger partial charge in [-0.1, -0.05) is 37.9 Å². The molecule has 1 aliphatic rings. The number of benzene rings is 2. The topological polar surface area (TPSA) is 4.93 Å². The number of hydrogen-bond acceptors (Lipinski definition) is 0. The fourth-order valence-corrected chi connectivity index (χ4v) is 4.39. The molecule has 0 saturated heterocycles. The van der Waals surface area contributed by atoms with Gasteiger partial charge in [0.05, 0.1) is 11.2 Å². The Morgan fingerprint density at radius 3 is 2.38 bits per heavy atom. The van der Waals surface area contributed by atoms with E-state index in [1.807, 2.05) is 0 Å². The lowest BCUT2D eigenvalue weighted by molar-refractivity contribution is 0.475. The zero-order chi connectivity index (χ0) is 14.9. The molecule has 4 rings (SSSR count). The second kappa shape index (κ2) is 4.23. The molecule has 0 atom stereocenters. The smallest absolute Gasteiger partial charge is 0.0653 e. The standard InChI is InChI=1S/C18H15Br2N/c1-10-14-8-11(19)5-7-16(14)21-17(10)13-6-4-12(20)9-15(13)18(21,2)3/h4-9H,1-3H3. The Labute approximate surface area is 141 Å². The van der Waals surface area contributed by atoms with Crippen molar-refractivity contribution in [1.29, 1.82) is 0 Å². The molecule has 1 aromatic heterocycles. The van der Waals surface area contributed by atoms with Crippen molar-refractivity contribution >= 4 is 42.8 Å². The van der Waals surface area contributed by atoms with Crippen LogP contribution in [-0.4, -0.2) is 4.57 Å². The number of fused-ring (bicyclic) bond motifs is 5. The molecule has 0 N–H and O–H groups in total. The van der Waals surface area contributed by atoms with Gasteiger partial charge in [-0.15, -0.1) is 0 Å². The van der Waals surface area contributed by atoms with Crippen molar-refractivity contribution < 1.29 is 0 Å². The van der Waals surface area contributed by atoms with E-state index >= 15 is 0 Å². The average molecular weight is 405 g/mol. The minimum Gasteiger partial charge on any atom is -0.330 e. The first-order valence-corrected chi connectivity index (χ1v) is 8.61. The summed E-state index contributed by atoms with van der Waals surface area (Å²) < 4.78 is 4.77. The van der Waals surface area contributed by atoms with E-state index in [0.717, 1.165) is 8.95 Å². The van der Waals surface area contributed by atoms with E-state index in [4.69, 9.17) is 0 Å². The zero-order valence-electron chi connectivity index (χ0n) is 12.2. The molecule has 1 aliphatic heterocycles. The molecule has 0 fully saturated rings. The van der Waals surface area contributed by atoms with Crippen LogP contribution in [0.3, 0.4) is 0 Å². The predicted octanol–water partition coefficient (Wildman–Crippen LogP) is 6.24. The third-order valence-electron chi connectivity index (χ3n) is 4.64. The van der Waals surface area contributed by atoms with Crippen LogP contribution in [0.1, 0.15) is 25.0 Å². The molecule has 0 amide bonds. The number of halogens is 2. The highest BCUT2D eigenvalue weighted by atomic mass is 79.9. The number of aromatic nitrogens is 1. The van der Waals surface area contributed by atoms with E-state index in [1.54, 1.807) is 0 Å². The Bertz CT molecular complexity index is 903. The summed E-state index contributed by atoms with van der Waals surface area (Å²) in [4.78, 5) is 0. The fourth-order valence-electron chi connectivity index (χ4n) is 3.67. The van der Waals surface area contributed by atoms with Gasteiger partial charge in [0.2, 0.25) is 0 Å². The second-order valence-corrected chi connectivity index (χ2v) is 8.05. The van der Waals surface area contributed by atoms with Crippen molar-refractivity contribution in [2.75, 3.05) is 0 Å². The van der Waals surface area contributed by atoms with Gasteiger partial charge in [0.15, 0.2) is 0 Å². The molecule has 0 bridgehead atoms. The molecule has 0 spiro atoms. The Morgan fingerprint density at radius 1 is 0.952 bits per heavy atom. The number of aryl methyl sites for hydroxylation is 1. The maximum Gasteiger partial charge on any atom is 0.0653 e. The fraction of sp³-hybridized carbons (Fsp3) is 0.222. The van der Waals surface area contributed by atoms with Crippen LogP contribution in [0.5, 0.6) is 0 Å². The molecule has 0 unspecified atom stereocenters. The van der Waals surface area contributed by atoms with Gasteiger partial charge in [-0.25, -0.2) is 0 Å². The van der Waals surface area contributed by atoms with Crippen molar-refractivity contribution in [2.45, 2.75) is 26.3 Å². The largest absolute Gasteiger partial charge is 0.330 e. The molecule has 21 heavy (non-hydrogen) atoms. The van der Waals surface area contributed by atoms with Crippen LogP contribution in [-0.2, 0) is 5.54 Å². The van der Waals surface area contributed by atoms with Gasteiger partial charge >= 0.3 is 0 Å². The van der Waals surface area contributed by atoms with Gasteiger partial charge in [0.25, 0.3) is 0 Å². The zero-order valence-corrected chi connectivity index (χ0v) is 15.3. The van der Waals surface area contributed by atoms with Crippen LogP contribution in [0, 0.1) is 6.92 Å². The Balaban J connectivity index is 2.20. The SMILES string of the molecule is Cc1c2n(c3ccc(Br)cc13)C(C)(C)c1cc(Br)ccc1-2. The van der Waals surface area contributed by atoms with E-state index in [0.29, 0.717) is 0 Å². The van der Waals surface area contributed by atoms with Gasteiger partial charge in [-0.3, -0.25) is 0 Å². The van der Waals surface area contributed by atoms with Crippen LogP contribution < -0.4 is 0 Å². The van der Waals surface area contributed by atoms with Crippen molar-refractivity contribution in [1.82, 2.24) is 4.57 Å². The number of rotatable bonds is 0. The number of hydrogen-bond donors (Lipinski definition) is 0. The average Bonchev–Trinajstić information content (AvgIpc) is 2.84. The normalized spacial score (nSPS) is 15.3. The van der Waals surface area contributed by atoms with Gasteiger partial charge in [0, 0.05) is 25.4 Å². The monoisotopic (exact) mass is 403 g/mol. The first kappa shape index (κ1) is 13.6. The highest BCUT2D eigenvalue weighted by Crippen LogP contribution is 2.49. The maximum absolute atomic E-state index is 3.61. The highest BCUT2D eigenvalue weighted by molar-refractivity contribution is 9.10. The lowest BCUT2D eigenvalue weighted by Crippen LogP contribution is -2.23. The van der Waals surface area contributed by atoms with Crippen LogP contribution in [0.4, 0.5) is 0 Å². The summed E-state index contributed by atoms with van der Waals surface area (Å²) >= 11 is 7.21. The van der Waals surface area contributed by atoms with Crippen LogP contribution in [0.25, 0.3) is 22.2 Å². The highest BCUT2D eigenvalue weighted by Gasteiger charge is 2.38.